The van der Waals surface area contributed by atoms with Crippen molar-refractivity contribution in [2.75, 3.05) is 4.90 Å². The van der Waals surface area contributed by atoms with Gasteiger partial charge in [0.05, 0.1) is 5.69 Å². The molecule has 0 bridgehead atoms. The van der Waals surface area contributed by atoms with Gasteiger partial charge < -0.3 is 4.90 Å². The lowest BCUT2D eigenvalue weighted by molar-refractivity contribution is 0.660. The van der Waals surface area contributed by atoms with E-state index in [-0.39, 0.29) is 5.41 Å². The molecule has 10 aromatic carbocycles. The summed E-state index contributed by atoms with van der Waals surface area (Å²) in [6.07, 6.45) is 0. The lowest BCUT2D eigenvalue weighted by Gasteiger charge is -2.30. The molecule has 11 aromatic rings. The van der Waals surface area contributed by atoms with Gasteiger partial charge in [-0.15, -0.1) is 11.3 Å². The van der Waals surface area contributed by atoms with E-state index in [9.17, 15) is 0 Å². The second-order valence-corrected chi connectivity index (χ2v) is 18.4. The van der Waals surface area contributed by atoms with Crippen molar-refractivity contribution >= 4 is 59.3 Å². The van der Waals surface area contributed by atoms with Gasteiger partial charge in [-0.2, -0.15) is 0 Å². The Hall–Kier alpha value is -7.52. The molecule has 0 radical (unpaired) electrons. The summed E-state index contributed by atoms with van der Waals surface area (Å²) in [4.78, 5) is 2.46. The zero-order valence-electron chi connectivity index (χ0n) is 35.2. The van der Waals surface area contributed by atoms with Crippen LogP contribution in [0.15, 0.2) is 224 Å². The molecular formula is C61H43NS. The number of hydrogen-bond donors (Lipinski definition) is 0. The summed E-state index contributed by atoms with van der Waals surface area (Å²) in [7, 11) is 0. The Morgan fingerprint density at radius 3 is 1.75 bits per heavy atom. The Labute approximate surface area is 372 Å². The maximum Gasteiger partial charge on any atom is 0.0540 e. The lowest BCUT2D eigenvalue weighted by Crippen LogP contribution is -2.17. The smallest absolute Gasteiger partial charge is 0.0540 e. The van der Waals surface area contributed by atoms with Crippen LogP contribution in [0.1, 0.15) is 25.0 Å². The van der Waals surface area contributed by atoms with Crippen molar-refractivity contribution in [2.24, 2.45) is 0 Å². The molecule has 0 spiro atoms. The first kappa shape index (κ1) is 37.3. The molecular weight excluding hydrogens is 779 g/mol. The highest BCUT2D eigenvalue weighted by Gasteiger charge is 2.36. The average Bonchev–Trinajstić information content (AvgIpc) is 3.83. The molecule has 1 nitrogen and oxygen atoms in total. The maximum atomic E-state index is 2.46. The number of hydrogen-bond acceptors (Lipinski definition) is 2. The van der Waals surface area contributed by atoms with Gasteiger partial charge in [-0.05, 0) is 121 Å². The third kappa shape index (κ3) is 6.29. The van der Waals surface area contributed by atoms with Gasteiger partial charge in [-0.25, -0.2) is 0 Å². The highest BCUT2D eigenvalue weighted by Crippen LogP contribution is 2.52. The molecule has 1 heterocycles. The predicted octanol–water partition coefficient (Wildman–Crippen LogP) is 17.7. The van der Waals surface area contributed by atoms with Gasteiger partial charge >= 0.3 is 0 Å². The van der Waals surface area contributed by atoms with Crippen LogP contribution in [0.25, 0.3) is 86.6 Å². The molecule has 1 aliphatic rings. The molecule has 0 saturated carbocycles. The zero-order chi connectivity index (χ0) is 42.1. The summed E-state index contributed by atoms with van der Waals surface area (Å²) in [5.41, 5.74) is 18.3. The van der Waals surface area contributed by atoms with E-state index in [0.29, 0.717) is 0 Å². The molecule has 0 aliphatic heterocycles. The number of nitrogens with zero attached hydrogens (tertiary/aromatic N) is 1. The fourth-order valence-corrected chi connectivity index (χ4v) is 11.2. The number of benzene rings is 10. The van der Waals surface area contributed by atoms with Crippen molar-refractivity contribution in [3.63, 3.8) is 0 Å². The molecule has 63 heavy (non-hydrogen) atoms. The third-order valence-corrected chi connectivity index (χ3v) is 14.5. The minimum Gasteiger partial charge on any atom is -0.310 e. The SMILES string of the molecule is CC1(C)c2cc(-c3ccc4ccccc4c3)ccc2-c2ccc(N(c3ccc(-c4cccc5c4sc4ccccc45)cc3)c3ccccc3-c3ccc(-c4ccccc4)cc3)cc21. The summed E-state index contributed by atoms with van der Waals surface area (Å²) in [5.74, 6) is 0. The number of anilines is 3. The maximum absolute atomic E-state index is 2.46. The van der Waals surface area contributed by atoms with E-state index >= 15 is 0 Å². The standard InChI is InChI=1S/C61H43NS/c1-61(2)56-38-47(46-28-25-41-15-6-7-16-45(41)37-46)31-35-52(56)53-36-34-49(39-57(53)61)62(58-21-10-8-17-50(58)43-26-23-42(24-27-43)40-13-4-3-5-14-40)48-32-29-44(30-33-48)51-19-12-20-55-54-18-9-11-22-59(54)63-60(51)55/h3-39H,1-2H3. The van der Waals surface area contributed by atoms with Gasteiger partial charge in [-0.3, -0.25) is 0 Å². The van der Waals surface area contributed by atoms with Gasteiger partial charge in [0.25, 0.3) is 0 Å². The minimum absolute atomic E-state index is 0.210. The largest absolute Gasteiger partial charge is 0.310 e. The normalized spacial score (nSPS) is 12.7. The molecule has 0 atom stereocenters. The van der Waals surface area contributed by atoms with E-state index in [2.05, 4.69) is 243 Å². The van der Waals surface area contributed by atoms with Crippen LogP contribution in [0.2, 0.25) is 0 Å². The highest BCUT2D eigenvalue weighted by atomic mass is 32.1. The Morgan fingerprint density at radius 2 is 0.905 bits per heavy atom. The van der Waals surface area contributed by atoms with Crippen LogP contribution in [-0.4, -0.2) is 0 Å². The first-order valence-corrected chi connectivity index (χ1v) is 22.6. The van der Waals surface area contributed by atoms with Crippen molar-refractivity contribution in [1.29, 1.82) is 0 Å². The monoisotopic (exact) mass is 821 g/mol. The molecule has 1 aromatic heterocycles. The topological polar surface area (TPSA) is 3.24 Å². The van der Waals surface area contributed by atoms with E-state index in [4.69, 9.17) is 0 Å². The zero-order valence-corrected chi connectivity index (χ0v) is 36.0. The van der Waals surface area contributed by atoms with Crippen molar-refractivity contribution < 1.29 is 0 Å². The van der Waals surface area contributed by atoms with Gasteiger partial charge in [-0.1, -0.05) is 190 Å². The van der Waals surface area contributed by atoms with Crippen molar-refractivity contribution in [2.45, 2.75) is 19.3 Å². The minimum atomic E-state index is -0.210. The molecule has 0 N–H and O–H groups in total. The Bertz CT molecular complexity index is 3520. The van der Waals surface area contributed by atoms with E-state index in [1.165, 1.54) is 97.7 Å². The summed E-state index contributed by atoms with van der Waals surface area (Å²) >= 11 is 1.88. The summed E-state index contributed by atoms with van der Waals surface area (Å²) in [6.45, 7) is 4.78. The fraction of sp³-hybridized carbons (Fsp3) is 0.0492. The number of para-hydroxylation sites is 1. The Morgan fingerprint density at radius 1 is 0.349 bits per heavy atom. The second kappa shape index (κ2) is 14.8. The summed E-state index contributed by atoms with van der Waals surface area (Å²) < 4.78 is 2.65. The van der Waals surface area contributed by atoms with E-state index in [1.54, 1.807) is 0 Å². The second-order valence-electron chi connectivity index (χ2n) is 17.3. The average molecular weight is 822 g/mol. The van der Waals surface area contributed by atoms with Crippen molar-refractivity contribution in [3.8, 4) is 55.6 Å². The van der Waals surface area contributed by atoms with Gasteiger partial charge in [0.2, 0.25) is 0 Å². The van der Waals surface area contributed by atoms with Gasteiger partial charge in [0.1, 0.15) is 0 Å². The van der Waals surface area contributed by atoms with E-state index in [1.807, 2.05) is 11.3 Å². The number of rotatable bonds is 7. The Kier molecular flexibility index (Phi) is 8.77. The van der Waals surface area contributed by atoms with Crippen molar-refractivity contribution in [1.82, 2.24) is 0 Å². The van der Waals surface area contributed by atoms with Crippen LogP contribution < -0.4 is 4.90 Å². The quantitative estimate of drug-likeness (QED) is 0.155. The Balaban J connectivity index is 0.977. The van der Waals surface area contributed by atoms with E-state index in [0.717, 1.165) is 17.1 Å². The third-order valence-electron chi connectivity index (χ3n) is 13.3. The first-order valence-electron chi connectivity index (χ1n) is 21.8. The molecule has 298 valence electrons. The molecule has 0 saturated heterocycles. The van der Waals surface area contributed by atoms with Crippen LogP contribution in [0.3, 0.4) is 0 Å². The van der Waals surface area contributed by atoms with E-state index < -0.39 is 0 Å². The molecule has 1 aliphatic carbocycles. The first-order chi connectivity index (χ1) is 31.0. The van der Waals surface area contributed by atoms with Crippen LogP contribution in [0.5, 0.6) is 0 Å². The molecule has 12 rings (SSSR count). The molecule has 0 fully saturated rings. The lowest BCUT2D eigenvalue weighted by atomic mass is 9.81. The summed E-state index contributed by atoms with van der Waals surface area (Å²) in [6, 6.07) is 82.9. The summed E-state index contributed by atoms with van der Waals surface area (Å²) in [5, 5.41) is 5.17. The number of thiophene rings is 1. The van der Waals surface area contributed by atoms with Crippen LogP contribution >= 0.6 is 11.3 Å². The van der Waals surface area contributed by atoms with Crippen LogP contribution in [0, 0.1) is 0 Å². The molecule has 0 unspecified atom stereocenters. The number of fused-ring (bicyclic) bond motifs is 7. The highest BCUT2D eigenvalue weighted by molar-refractivity contribution is 7.26. The van der Waals surface area contributed by atoms with Crippen LogP contribution in [-0.2, 0) is 5.41 Å². The van der Waals surface area contributed by atoms with Crippen molar-refractivity contribution in [3.05, 3.63) is 236 Å². The fourth-order valence-electron chi connectivity index (χ4n) is 9.99. The van der Waals surface area contributed by atoms with Gasteiger partial charge in [0, 0.05) is 42.5 Å². The van der Waals surface area contributed by atoms with Gasteiger partial charge in [0.15, 0.2) is 0 Å². The van der Waals surface area contributed by atoms with Crippen LogP contribution in [0.4, 0.5) is 17.1 Å². The molecule has 0 amide bonds. The predicted molar refractivity (Wildman–Crippen MR) is 271 cm³/mol. The molecule has 2 heteroatoms.